The van der Waals surface area contributed by atoms with Crippen molar-refractivity contribution in [2.75, 3.05) is 18.4 Å². The van der Waals surface area contributed by atoms with Crippen LogP contribution in [0.5, 0.6) is 0 Å². The predicted octanol–water partition coefficient (Wildman–Crippen LogP) is 3.17. The van der Waals surface area contributed by atoms with Gasteiger partial charge in [-0.05, 0) is 31.1 Å². The molecule has 1 amide bonds. The number of carbonyl (C=O) groups is 1. The number of piperidine rings is 1. The zero-order valence-electron chi connectivity index (χ0n) is 12.2. The lowest BCUT2D eigenvalue weighted by Gasteiger charge is -2.31. The first-order chi connectivity index (χ1) is 10.8. The van der Waals surface area contributed by atoms with E-state index in [9.17, 15) is 4.79 Å². The minimum absolute atomic E-state index is 0.00626. The van der Waals surface area contributed by atoms with Crippen molar-refractivity contribution in [3.05, 3.63) is 48.1 Å². The molecule has 1 aliphatic rings. The third-order valence-corrected chi connectivity index (χ3v) is 4.52. The lowest BCUT2D eigenvalue weighted by atomic mass is 9.95. The molecule has 1 fully saturated rings. The standard InChI is InChI=1S/C16H18N4OS/c1-2-15(21)20-9-5-6-12(10-20)13-11-22-16(18-13)19-14-7-3-4-8-17-14/h2-4,7-8,11-12H,1,5-6,9-10H2,(H,17,18,19). The topological polar surface area (TPSA) is 58.1 Å². The highest BCUT2D eigenvalue weighted by atomic mass is 32.1. The molecule has 0 spiro atoms. The second-order valence-corrected chi connectivity index (χ2v) is 6.10. The molecule has 0 aliphatic carbocycles. The van der Waals surface area contributed by atoms with Crippen molar-refractivity contribution in [2.45, 2.75) is 18.8 Å². The highest BCUT2D eigenvalue weighted by Crippen LogP contribution is 2.30. The maximum absolute atomic E-state index is 11.8. The molecule has 22 heavy (non-hydrogen) atoms. The first-order valence-electron chi connectivity index (χ1n) is 7.31. The van der Waals surface area contributed by atoms with Crippen LogP contribution in [0.1, 0.15) is 24.5 Å². The molecule has 1 unspecified atom stereocenters. The van der Waals surface area contributed by atoms with Crippen LogP contribution in [0.3, 0.4) is 0 Å². The van der Waals surface area contributed by atoms with Crippen LogP contribution in [-0.4, -0.2) is 33.9 Å². The van der Waals surface area contributed by atoms with Crippen LogP contribution < -0.4 is 5.32 Å². The van der Waals surface area contributed by atoms with Gasteiger partial charge in [0.15, 0.2) is 5.13 Å². The Morgan fingerprint density at radius 3 is 3.18 bits per heavy atom. The molecule has 0 aromatic carbocycles. The van der Waals surface area contributed by atoms with Crippen LogP contribution in [0.4, 0.5) is 10.9 Å². The molecule has 6 heteroatoms. The molecule has 0 bridgehead atoms. The van der Waals surface area contributed by atoms with E-state index in [1.807, 2.05) is 23.1 Å². The van der Waals surface area contributed by atoms with Gasteiger partial charge >= 0.3 is 0 Å². The molecule has 114 valence electrons. The van der Waals surface area contributed by atoms with Crippen LogP contribution in [0.15, 0.2) is 42.4 Å². The summed E-state index contributed by atoms with van der Waals surface area (Å²) >= 11 is 1.57. The molecule has 1 N–H and O–H groups in total. The normalized spacial score (nSPS) is 18.0. The van der Waals surface area contributed by atoms with Gasteiger partial charge in [-0.2, -0.15) is 0 Å². The second-order valence-electron chi connectivity index (χ2n) is 5.25. The fraction of sp³-hybridized carbons (Fsp3) is 0.312. The fourth-order valence-corrected chi connectivity index (χ4v) is 3.42. The van der Waals surface area contributed by atoms with Gasteiger partial charge in [-0.25, -0.2) is 9.97 Å². The fourth-order valence-electron chi connectivity index (χ4n) is 2.63. The number of likely N-dealkylation sites (tertiary alicyclic amines) is 1. The minimum atomic E-state index is 0.00626. The molecule has 1 saturated heterocycles. The molecule has 1 atom stereocenters. The number of pyridine rings is 1. The Morgan fingerprint density at radius 1 is 1.50 bits per heavy atom. The van der Waals surface area contributed by atoms with Gasteiger partial charge < -0.3 is 10.2 Å². The first-order valence-corrected chi connectivity index (χ1v) is 8.19. The van der Waals surface area contributed by atoms with Crippen molar-refractivity contribution in [1.82, 2.24) is 14.9 Å². The number of hydrogen-bond donors (Lipinski definition) is 1. The smallest absolute Gasteiger partial charge is 0.245 e. The molecule has 3 heterocycles. The van der Waals surface area contributed by atoms with E-state index in [1.165, 1.54) is 6.08 Å². The van der Waals surface area contributed by atoms with E-state index in [0.717, 1.165) is 42.6 Å². The summed E-state index contributed by atoms with van der Waals surface area (Å²) < 4.78 is 0. The Labute approximate surface area is 133 Å². The van der Waals surface area contributed by atoms with E-state index in [2.05, 4.69) is 27.2 Å². The van der Waals surface area contributed by atoms with Crippen LogP contribution in [0.25, 0.3) is 0 Å². The van der Waals surface area contributed by atoms with E-state index in [0.29, 0.717) is 5.92 Å². The molecular weight excluding hydrogens is 296 g/mol. The maximum Gasteiger partial charge on any atom is 0.245 e. The van der Waals surface area contributed by atoms with Crippen LogP contribution in [0.2, 0.25) is 0 Å². The molecule has 1 aliphatic heterocycles. The zero-order chi connectivity index (χ0) is 15.4. The monoisotopic (exact) mass is 314 g/mol. The minimum Gasteiger partial charge on any atom is -0.339 e. The van der Waals surface area contributed by atoms with Gasteiger partial charge in [-0.15, -0.1) is 11.3 Å². The zero-order valence-corrected chi connectivity index (χ0v) is 13.1. The van der Waals surface area contributed by atoms with E-state index in [-0.39, 0.29) is 5.91 Å². The van der Waals surface area contributed by atoms with Crippen molar-refractivity contribution in [2.24, 2.45) is 0 Å². The van der Waals surface area contributed by atoms with Gasteiger partial charge in [-0.1, -0.05) is 12.6 Å². The Balaban J connectivity index is 1.68. The number of carbonyl (C=O) groups excluding carboxylic acids is 1. The van der Waals surface area contributed by atoms with Gasteiger partial charge in [0.1, 0.15) is 5.82 Å². The largest absolute Gasteiger partial charge is 0.339 e. The Kier molecular flexibility index (Phi) is 4.48. The quantitative estimate of drug-likeness (QED) is 0.881. The average Bonchev–Trinajstić information content (AvgIpc) is 3.04. The maximum atomic E-state index is 11.8. The van der Waals surface area contributed by atoms with Crippen LogP contribution in [-0.2, 0) is 4.79 Å². The van der Waals surface area contributed by atoms with Gasteiger partial charge in [-0.3, -0.25) is 4.79 Å². The van der Waals surface area contributed by atoms with E-state index in [1.54, 1.807) is 17.5 Å². The summed E-state index contributed by atoms with van der Waals surface area (Å²) in [5, 5.41) is 6.11. The van der Waals surface area contributed by atoms with Crippen molar-refractivity contribution >= 4 is 28.2 Å². The van der Waals surface area contributed by atoms with Gasteiger partial charge in [0.25, 0.3) is 0 Å². The van der Waals surface area contributed by atoms with Crippen molar-refractivity contribution in [3.8, 4) is 0 Å². The van der Waals surface area contributed by atoms with Crippen LogP contribution in [0, 0.1) is 0 Å². The van der Waals surface area contributed by atoms with E-state index in [4.69, 9.17) is 0 Å². The van der Waals surface area contributed by atoms with Crippen LogP contribution >= 0.6 is 11.3 Å². The lowest BCUT2D eigenvalue weighted by Crippen LogP contribution is -2.38. The average molecular weight is 314 g/mol. The van der Waals surface area contributed by atoms with E-state index >= 15 is 0 Å². The first kappa shape index (κ1) is 14.7. The number of rotatable bonds is 4. The molecular formula is C16H18N4OS. The van der Waals surface area contributed by atoms with Crippen molar-refractivity contribution in [3.63, 3.8) is 0 Å². The Bertz CT molecular complexity index is 655. The van der Waals surface area contributed by atoms with Gasteiger partial charge in [0.05, 0.1) is 5.69 Å². The molecule has 2 aromatic heterocycles. The summed E-state index contributed by atoms with van der Waals surface area (Å²) in [7, 11) is 0. The number of nitrogens with one attached hydrogen (secondary N) is 1. The summed E-state index contributed by atoms with van der Waals surface area (Å²) in [5.74, 6) is 1.09. The summed E-state index contributed by atoms with van der Waals surface area (Å²) in [5.41, 5.74) is 1.05. The predicted molar refractivity (Wildman–Crippen MR) is 88.4 cm³/mol. The number of anilines is 2. The second kappa shape index (κ2) is 6.70. The summed E-state index contributed by atoms with van der Waals surface area (Å²) in [6.45, 7) is 5.09. The van der Waals surface area contributed by atoms with Crippen molar-refractivity contribution < 1.29 is 4.79 Å². The summed E-state index contributed by atoms with van der Waals surface area (Å²) in [6, 6.07) is 5.72. The Morgan fingerprint density at radius 2 is 2.41 bits per heavy atom. The highest BCUT2D eigenvalue weighted by molar-refractivity contribution is 7.13. The third kappa shape index (κ3) is 3.33. The lowest BCUT2D eigenvalue weighted by molar-refractivity contribution is -0.127. The SMILES string of the molecule is C=CC(=O)N1CCCC(c2csc(Nc3ccccn3)n2)C1. The number of thiazole rings is 1. The van der Waals surface area contributed by atoms with E-state index < -0.39 is 0 Å². The molecule has 5 nitrogen and oxygen atoms in total. The highest BCUT2D eigenvalue weighted by Gasteiger charge is 2.25. The third-order valence-electron chi connectivity index (χ3n) is 3.75. The van der Waals surface area contributed by atoms with Gasteiger partial charge in [0, 0.05) is 30.6 Å². The van der Waals surface area contributed by atoms with Crippen molar-refractivity contribution in [1.29, 1.82) is 0 Å². The molecule has 0 saturated carbocycles. The Hall–Kier alpha value is -2.21. The number of hydrogen-bond acceptors (Lipinski definition) is 5. The number of aromatic nitrogens is 2. The van der Waals surface area contributed by atoms with Gasteiger partial charge in [0.2, 0.25) is 5.91 Å². The number of amides is 1. The number of nitrogens with zero attached hydrogens (tertiary/aromatic N) is 3. The molecule has 0 radical (unpaired) electrons. The summed E-state index contributed by atoms with van der Waals surface area (Å²) in [4.78, 5) is 22.5. The summed E-state index contributed by atoms with van der Waals surface area (Å²) in [6.07, 6.45) is 5.20. The molecule has 2 aromatic rings. The molecule has 3 rings (SSSR count).